The van der Waals surface area contributed by atoms with E-state index in [2.05, 4.69) is 4.90 Å². The fourth-order valence-electron chi connectivity index (χ4n) is 2.62. The van der Waals surface area contributed by atoms with E-state index < -0.39 is 18.5 Å². The van der Waals surface area contributed by atoms with Crippen LogP contribution >= 0.6 is 23.2 Å². The number of hydrogen-bond acceptors (Lipinski definition) is 2. The van der Waals surface area contributed by atoms with E-state index in [9.17, 15) is 18.0 Å². The molecule has 1 aliphatic heterocycles. The standard InChI is InChI=1S/C15H17Cl2F3N2O/c1-10(11-2-3-12(16)13(17)8-11)21-4-6-22(7-5-21)14(23)9-15(18,19)20/h2-3,8,10H,4-7,9H2,1H3. The molecule has 3 nitrogen and oxygen atoms in total. The molecule has 0 radical (unpaired) electrons. The van der Waals surface area contributed by atoms with Crippen LogP contribution in [0.4, 0.5) is 13.2 Å². The molecule has 0 N–H and O–H groups in total. The van der Waals surface area contributed by atoms with Gasteiger partial charge in [-0.1, -0.05) is 29.3 Å². The van der Waals surface area contributed by atoms with E-state index in [1.54, 1.807) is 12.1 Å². The minimum atomic E-state index is -4.46. The van der Waals surface area contributed by atoms with Crippen molar-refractivity contribution in [1.29, 1.82) is 0 Å². The third-order valence-corrected chi connectivity index (χ3v) is 4.73. The van der Waals surface area contributed by atoms with E-state index in [-0.39, 0.29) is 6.04 Å². The molecular weight excluding hydrogens is 352 g/mol. The summed E-state index contributed by atoms with van der Waals surface area (Å²) in [5.41, 5.74) is 0.981. The van der Waals surface area contributed by atoms with Crippen molar-refractivity contribution in [3.8, 4) is 0 Å². The van der Waals surface area contributed by atoms with Gasteiger partial charge in [0.05, 0.1) is 10.0 Å². The lowest BCUT2D eigenvalue weighted by atomic mass is 10.1. The molecule has 0 aliphatic carbocycles. The predicted molar refractivity (Wildman–Crippen MR) is 83.7 cm³/mol. The first-order valence-corrected chi connectivity index (χ1v) is 7.96. The van der Waals surface area contributed by atoms with Crippen molar-refractivity contribution in [2.75, 3.05) is 26.2 Å². The molecule has 23 heavy (non-hydrogen) atoms. The highest BCUT2D eigenvalue weighted by atomic mass is 35.5. The van der Waals surface area contributed by atoms with Gasteiger partial charge in [0.25, 0.3) is 0 Å². The molecule has 128 valence electrons. The highest BCUT2D eigenvalue weighted by Gasteiger charge is 2.34. The van der Waals surface area contributed by atoms with Crippen molar-refractivity contribution in [3.05, 3.63) is 33.8 Å². The van der Waals surface area contributed by atoms with Gasteiger partial charge in [0.15, 0.2) is 0 Å². The van der Waals surface area contributed by atoms with Gasteiger partial charge in [-0.05, 0) is 24.6 Å². The zero-order valence-electron chi connectivity index (χ0n) is 12.5. The van der Waals surface area contributed by atoms with E-state index in [4.69, 9.17) is 23.2 Å². The maximum absolute atomic E-state index is 12.3. The summed E-state index contributed by atoms with van der Waals surface area (Å²) < 4.78 is 36.8. The maximum atomic E-state index is 12.3. The Kier molecular flexibility index (Phi) is 5.81. The fourth-order valence-corrected chi connectivity index (χ4v) is 2.93. The van der Waals surface area contributed by atoms with Crippen molar-refractivity contribution in [2.24, 2.45) is 0 Å². The van der Waals surface area contributed by atoms with E-state index >= 15 is 0 Å². The summed E-state index contributed by atoms with van der Waals surface area (Å²) in [5, 5.41) is 0.945. The molecule has 1 aliphatic rings. The highest BCUT2D eigenvalue weighted by molar-refractivity contribution is 6.42. The zero-order valence-corrected chi connectivity index (χ0v) is 14.0. The molecule has 0 bridgehead atoms. The average Bonchev–Trinajstić information content (AvgIpc) is 2.48. The quantitative estimate of drug-likeness (QED) is 0.799. The average molecular weight is 369 g/mol. The van der Waals surface area contributed by atoms with Gasteiger partial charge in [-0.3, -0.25) is 9.69 Å². The number of piperazine rings is 1. The minimum absolute atomic E-state index is 0.0460. The summed E-state index contributed by atoms with van der Waals surface area (Å²) in [5.74, 6) is -0.862. The Labute approximate surface area is 142 Å². The molecule has 2 rings (SSSR count). The second kappa shape index (κ2) is 7.28. The van der Waals surface area contributed by atoms with Crippen molar-refractivity contribution >= 4 is 29.1 Å². The Morgan fingerprint density at radius 2 is 1.78 bits per heavy atom. The Morgan fingerprint density at radius 1 is 1.17 bits per heavy atom. The van der Waals surface area contributed by atoms with Gasteiger partial charge in [-0.2, -0.15) is 13.2 Å². The first-order valence-electron chi connectivity index (χ1n) is 7.21. The smallest absolute Gasteiger partial charge is 0.340 e. The van der Waals surface area contributed by atoms with Gasteiger partial charge in [0, 0.05) is 32.2 Å². The molecule has 8 heteroatoms. The van der Waals surface area contributed by atoms with Gasteiger partial charge < -0.3 is 4.90 Å². The molecule has 1 fully saturated rings. The molecule has 1 aromatic rings. The van der Waals surface area contributed by atoms with Crippen LogP contribution in [0, 0.1) is 0 Å². The van der Waals surface area contributed by atoms with Crippen LogP contribution in [0.5, 0.6) is 0 Å². The summed E-state index contributed by atoms with van der Waals surface area (Å²) in [6.07, 6.45) is -5.85. The summed E-state index contributed by atoms with van der Waals surface area (Å²) in [7, 11) is 0. The number of benzene rings is 1. The molecule has 0 aromatic heterocycles. The lowest BCUT2D eigenvalue weighted by Gasteiger charge is -2.38. The van der Waals surface area contributed by atoms with Crippen LogP contribution in [0.1, 0.15) is 24.9 Å². The third-order valence-electron chi connectivity index (χ3n) is 3.99. The molecule has 0 saturated carbocycles. The van der Waals surface area contributed by atoms with Crippen molar-refractivity contribution in [2.45, 2.75) is 25.6 Å². The zero-order chi connectivity index (χ0) is 17.2. The first-order chi connectivity index (χ1) is 10.7. The minimum Gasteiger partial charge on any atom is -0.340 e. The second-order valence-corrected chi connectivity index (χ2v) is 6.37. The topological polar surface area (TPSA) is 23.6 Å². The van der Waals surface area contributed by atoms with Crippen LogP contribution < -0.4 is 0 Å². The van der Waals surface area contributed by atoms with Crippen LogP contribution in [0.25, 0.3) is 0 Å². The lowest BCUT2D eigenvalue weighted by molar-refractivity contribution is -0.162. The van der Waals surface area contributed by atoms with E-state index in [1.807, 2.05) is 13.0 Å². The molecule has 1 atom stereocenters. The molecule has 0 spiro atoms. The maximum Gasteiger partial charge on any atom is 0.397 e. The largest absolute Gasteiger partial charge is 0.397 e. The Morgan fingerprint density at radius 3 is 2.30 bits per heavy atom. The van der Waals surface area contributed by atoms with E-state index in [1.165, 1.54) is 4.90 Å². The fraction of sp³-hybridized carbons (Fsp3) is 0.533. The number of halogens is 5. The Hall–Kier alpha value is -0.980. The van der Waals surface area contributed by atoms with Crippen molar-refractivity contribution < 1.29 is 18.0 Å². The predicted octanol–water partition coefficient (Wildman–Crippen LogP) is 4.15. The third kappa shape index (κ3) is 4.99. The molecule has 1 aromatic carbocycles. The normalized spacial score (nSPS) is 18.1. The SMILES string of the molecule is CC(c1ccc(Cl)c(Cl)c1)N1CCN(C(=O)CC(F)(F)F)CC1. The number of alkyl halides is 3. The van der Waals surface area contributed by atoms with E-state index in [0.717, 1.165) is 5.56 Å². The van der Waals surface area contributed by atoms with Crippen LogP contribution in [0.3, 0.4) is 0 Å². The number of amides is 1. The monoisotopic (exact) mass is 368 g/mol. The summed E-state index contributed by atoms with van der Waals surface area (Å²) in [6.45, 7) is 3.62. The second-order valence-electron chi connectivity index (χ2n) is 5.56. The number of hydrogen-bond donors (Lipinski definition) is 0. The van der Waals surface area contributed by atoms with Crippen LogP contribution in [-0.2, 0) is 4.79 Å². The number of carbonyl (C=O) groups is 1. The number of carbonyl (C=O) groups excluding carboxylic acids is 1. The summed E-state index contributed by atoms with van der Waals surface area (Å²) in [6, 6.07) is 5.43. The van der Waals surface area contributed by atoms with Gasteiger partial charge in [0.1, 0.15) is 6.42 Å². The number of rotatable bonds is 3. The van der Waals surface area contributed by atoms with Crippen LogP contribution in [-0.4, -0.2) is 48.1 Å². The van der Waals surface area contributed by atoms with Gasteiger partial charge in [-0.25, -0.2) is 0 Å². The lowest BCUT2D eigenvalue weighted by Crippen LogP contribution is -2.49. The molecule has 1 amide bonds. The van der Waals surface area contributed by atoms with Crippen molar-refractivity contribution in [3.63, 3.8) is 0 Å². The highest BCUT2D eigenvalue weighted by Crippen LogP contribution is 2.29. The molecule has 1 unspecified atom stereocenters. The molecule has 1 saturated heterocycles. The summed E-state index contributed by atoms with van der Waals surface area (Å²) in [4.78, 5) is 15.0. The Bertz CT molecular complexity index is 572. The summed E-state index contributed by atoms with van der Waals surface area (Å²) >= 11 is 11.9. The number of nitrogens with zero attached hydrogens (tertiary/aromatic N) is 2. The van der Waals surface area contributed by atoms with Gasteiger partial charge in [0.2, 0.25) is 5.91 Å². The van der Waals surface area contributed by atoms with Crippen LogP contribution in [0.2, 0.25) is 10.0 Å². The van der Waals surface area contributed by atoms with E-state index in [0.29, 0.717) is 36.2 Å². The van der Waals surface area contributed by atoms with Crippen molar-refractivity contribution in [1.82, 2.24) is 9.80 Å². The first kappa shape index (κ1) is 18.4. The van der Waals surface area contributed by atoms with Gasteiger partial charge in [-0.15, -0.1) is 0 Å². The van der Waals surface area contributed by atoms with Gasteiger partial charge >= 0.3 is 6.18 Å². The molecular formula is C15H17Cl2F3N2O. The Balaban J connectivity index is 1.93. The molecule has 1 heterocycles. The van der Waals surface area contributed by atoms with Crippen LogP contribution in [0.15, 0.2) is 18.2 Å².